The highest BCUT2D eigenvalue weighted by Gasteiger charge is 2.43. The van der Waals surface area contributed by atoms with E-state index in [-0.39, 0.29) is 5.91 Å². The fraction of sp³-hybridized carbons (Fsp3) is 0.500. The topological polar surface area (TPSA) is 50.2 Å². The largest absolute Gasteiger partial charge is 0.343 e. The molecule has 3 heterocycles. The quantitative estimate of drug-likeness (QED) is 0.913. The van der Waals surface area contributed by atoms with Crippen LogP contribution in [-0.2, 0) is 16.8 Å². The molecule has 2 aromatic rings. The molecule has 1 saturated heterocycles. The second-order valence-electron chi connectivity index (χ2n) is 5.79. The van der Waals surface area contributed by atoms with Crippen LogP contribution in [0.3, 0.4) is 0 Å². The van der Waals surface area contributed by atoms with Gasteiger partial charge in [0.05, 0.1) is 0 Å². The number of hydrogen-bond donors (Lipinski definition) is 1. The molecule has 5 nitrogen and oxygen atoms in total. The smallest absolute Gasteiger partial charge is 0.250 e. The van der Waals surface area contributed by atoms with E-state index >= 15 is 0 Å². The number of aromatic nitrogens is 2. The maximum atomic E-state index is 13.1. The third-order valence-electron chi connectivity index (χ3n) is 4.39. The van der Waals surface area contributed by atoms with Gasteiger partial charge in [-0.3, -0.25) is 9.48 Å². The van der Waals surface area contributed by atoms with Gasteiger partial charge in [-0.1, -0.05) is 6.07 Å². The second-order valence-corrected chi connectivity index (χ2v) is 6.82. The van der Waals surface area contributed by atoms with Gasteiger partial charge in [-0.15, -0.1) is 11.3 Å². The van der Waals surface area contributed by atoms with Gasteiger partial charge in [0.15, 0.2) is 0 Å². The van der Waals surface area contributed by atoms with E-state index < -0.39 is 5.54 Å². The monoisotopic (exact) mass is 318 g/mol. The van der Waals surface area contributed by atoms with Gasteiger partial charge in [0.2, 0.25) is 5.91 Å². The Kier molecular flexibility index (Phi) is 4.59. The van der Waals surface area contributed by atoms with Crippen LogP contribution in [0.2, 0.25) is 0 Å². The van der Waals surface area contributed by atoms with E-state index in [2.05, 4.69) is 27.9 Å². The van der Waals surface area contributed by atoms with Crippen molar-refractivity contribution in [3.8, 4) is 0 Å². The molecule has 0 spiro atoms. The molecule has 0 saturated carbocycles. The van der Waals surface area contributed by atoms with Crippen LogP contribution in [0.1, 0.15) is 17.7 Å². The lowest BCUT2D eigenvalue weighted by molar-refractivity contribution is -0.141. The van der Waals surface area contributed by atoms with Crippen LogP contribution in [0, 0.1) is 0 Å². The zero-order valence-electron chi connectivity index (χ0n) is 12.9. The minimum Gasteiger partial charge on any atom is -0.343 e. The molecule has 6 heteroatoms. The van der Waals surface area contributed by atoms with E-state index in [1.54, 1.807) is 17.5 Å². The number of nitrogens with one attached hydrogen (secondary N) is 1. The van der Waals surface area contributed by atoms with E-state index in [9.17, 15) is 4.79 Å². The summed E-state index contributed by atoms with van der Waals surface area (Å²) < 4.78 is 1.86. The maximum Gasteiger partial charge on any atom is 0.250 e. The average molecular weight is 318 g/mol. The average Bonchev–Trinajstić information content (AvgIpc) is 3.25. The van der Waals surface area contributed by atoms with Crippen LogP contribution in [0.15, 0.2) is 36.0 Å². The van der Waals surface area contributed by atoms with Crippen molar-refractivity contribution in [2.24, 2.45) is 0 Å². The number of thiophene rings is 1. The van der Waals surface area contributed by atoms with Crippen molar-refractivity contribution in [3.05, 3.63) is 40.8 Å². The lowest BCUT2D eigenvalue weighted by Gasteiger charge is -2.39. The summed E-state index contributed by atoms with van der Waals surface area (Å²) in [6.45, 7) is 2.45. The highest BCUT2D eigenvalue weighted by Crippen LogP contribution is 2.29. The number of rotatable bonds is 5. The van der Waals surface area contributed by atoms with Gasteiger partial charge in [0.25, 0.3) is 0 Å². The minimum absolute atomic E-state index is 0.175. The van der Waals surface area contributed by atoms with Crippen molar-refractivity contribution in [2.75, 3.05) is 26.7 Å². The van der Waals surface area contributed by atoms with Crippen molar-refractivity contribution < 1.29 is 4.79 Å². The summed E-state index contributed by atoms with van der Waals surface area (Å²) in [5.74, 6) is 0.175. The molecule has 0 radical (unpaired) electrons. The Balaban J connectivity index is 1.74. The summed E-state index contributed by atoms with van der Waals surface area (Å²) in [5.41, 5.74) is -0.529. The number of nitrogens with zero attached hydrogens (tertiary/aromatic N) is 3. The molecular weight excluding hydrogens is 296 g/mol. The van der Waals surface area contributed by atoms with E-state index in [1.807, 2.05) is 28.9 Å². The fourth-order valence-electron chi connectivity index (χ4n) is 3.09. The molecule has 0 bridgehead atoms. The van der Waals surface area contributed by atoms with Crippen molar-refractivity contribution in [2.45, 2.75) is 24.8 Å². The van der Waals surface area contributed by atoms with Gasteiger partial charge in [-0.05, 0) is 49.9 Å². The molecule has 1 fully saturated rings. The Bertz CT molecular complexity index is 588. The van der Waals surface area contributed by atoms with E-state index in [0.29, 0.717) is 0 Å². The van der Waals surface area contributed by atoms with Crippen LogP contribution >= 0.6 is 11.3 Å². The number of carbonyl (C=O) groups is 1. The summed E-state index contributed by atoms with van der Waals surface area (Å²) in [6.07, 6.45) is 6.15. The molecule has 0 atom stereocenters. The molecule has 1 amide bonds. The Morgan fingerprint density at radius 2 is 2.27 bits per heavy atom. The van der Waals surface area contributed by atoms with Gasteiger partial charge >= 0.3 is 0 Å². The second kappa shape index (κ2) is 6.62. The fourth-order valence-corrected chi connectivity index (χ4v) is 3.79. The standard InChI is InChI=1S/C16H22N4OS/c1-19(12-5-14-4-2-13-22-14)15(21)16(6-9-17-10-7-16)20-11-3-8-18-20/h2-4,8,11,13,17H,5-7,9-10,12H2,1H3. The summed E-state index contributed by atoms with van der Waals surface area (Å²) in [5, 5.41) is 9.79. The highest BCUT2D eigenvalue weighted by molar-refractivity contribution is 7.09. The molecular formula is C16H22N4OS. The Labute approximate surface area is 134 Å². The van der Waals surface area contributed by atoms with E-state index in [0.717, 1.165) is 38.9 Å². The molecule has 1 N–H and O–H groups in total. The Morgan fingerprint density at radius 3 is 2.91 bits per heavy atom. The molecule has 118 valence electrons. The summed E-state index contributed by atoms with van der Waals surface area (Å²) in [6, 6.07) is 6.07. The number of likely N-dealkylation sites (N-methyl/N-ethyl adjacent to an activating group) is 1. The summed E-state index contributed by atoms with van der Waals surface area (Å²) in [4.78, 5) is 16.3. The first-order valence-corrected chi connectivity index (χ1v) is 8.59. The molecule has 0 aromatic carbocycles. The van der Waals surface area contributed by atoms with Gasteiger partial charge < -0.3 is 10.2 Å². The van der Waals surface area contributed by atoms with Gasteiger partial charge in [-0.2, -0.15) is 5.10 Å². The normalized spacial score (nSPS) is 17.3. The van der Waals surface area contributed by atoms with Gasteiger partial charge in [-0.25, -0.2) is 0 Å². The predicted octanol–water partition coefficient (Wildman–Crippen LogP) is 1.72. The zero-order chi connectivity index (χ0) is 15.4. The molecule has 1 aliphatic heterocycles. The lowest BCUT2D eigenvalue weighted by Crippen LogP contribution is -2.55. The van der Waals surface area contributed by atoms with Crippen molar-refractivity contribution in [1.82, 2.24) is 20.0 Å². The highest BCUT2D eigenvalue weighted by atomic mass is 32.1. The molecule has 22 heavy (non-hydrogen) atoms. The van der Waals surface area contributed by atoms with Crippen LogP contribution in [0.5, 0.6) is 0 Å². The zero-order valence-corrected chi connectivity index (χ0v) is 13.7. The van der Waals surface area contributed by atoms with Crippen LogP contribution in [0.4, 0.5) is 0 Å². The number of piperidine rings is 1. The van der Waals surface area contributed by atoms with E-state index in [4.69, 9.17) is 0 Å². The molecule has 3 rings (SSSR count). The first-order valence-electron chi connectivity index (χ1n) is 7.71. The predicted molar refractivity (Wildman–Crippen MR) is 88.0 cm³/mol. The number of amides is 1. The third-order valence-corrected chi connectivity index (χ3v) is 5.33. The summed E-state index contributed by atoms with van der Waals surface area (Å²) in [7, 11) is 1.91. The van der Waals surface area contributed by atoms with Crippen molar-refractivity contribution >= 4 is 17.2 Å². The van der Waals surface area contributed by atoms with Crippen LogP contribution in [-0.4, -0.2) is 47.3 Å². The number of carbonyl (C=O) groups excluding carboxylic acids is 1. The third kappa shape index (κ3) is 2.94. The molecule has 0 unspecified atom stereocenters. The number of hydrogen-bond acceptors (Lipinski definition) is 4. The Morgan fingerprint density at radius 1 is 1.45 bits per heavy atom. The van der Waals surface area contributed by atoms with Gasteiger partial charge in [0, 0.05) is 30.9 Å². The van der Waals surface area contributed by atoms with E-state index in [1.165, 1.54) is 4.88 Å². The molecule has 1 aliphatic rings. The SMILES string of the molecule is CN(CCc1cccs1)C(=O)C1(n2cccn2)CCNCC1. The van der Waals surface area contributed by atoms with Crippen molar-refractivity contribution in [1.29, 1.82) is 0 Å². The summed E-state index contributed by atoms with van der Waals surface area (Å²) >= 11 is 1.74. The molecule has 0 aliphatic carbocycles. The van der Waals surface area contributed by atoms with Crippen molar-refractivity contribution in [3.63, 3.8) is 0 Å². The molecule has 2 aromatic heterocycles. The lowest BCUT2D eigenvalue weighted by atomic mass is 9.87. The van der Waals surface area contributed by atoms with Crippen LogP contribution < -0.4 is 5.32 Å². The Hall–Kier alpha value is -1.66. The maximum absolute atomic E-state index is 13.1. The first-order chi connectivity index (χ1) is 10.7. The first kappa shape index (κ1) is 15.2. The van der Waals surface area contributed by atoms with Gasteiger partial charge in [0.1, 0.15) is 5.54 Å². The van der Waals surface area contributed by atoms with Crippen LogP contribution in [0.25, 0.3) is 0 Å². The minimum atomic E-state index is -0.529.